The third-order valence-electron chi connectivity index (χ3n) is 10.8. The third kappa shape index (κ3) is 46.5. The van der Waals surface area contributed by atoms with E-state index in [-0.39, 0.29) is 25.2 Å². The van der Waals surface area contributed by atoms with Gasteiger partial charge in [-0.1, -0.05) is 211 Å². The molecular formula is C53H96O5. The molecule has 0 heterocycles. The lowest BCUT2D eigenvalue weighted by atomic mass is 10.1. The van der Waals surface area contributed by atoms with Crippen LogP contribution in [0.2, 0.25) is 0 Å². The molecule has 0 aliphatic heterocycles. The molecule has 338 valence electrons. The van der Waals surface area contributed by atoms with Gasteiger partial charge in [0.15, 0.2) is 6.10 Å². The van der Waals surface area contributed by atoms with Crippen LogP contribution < -0.4 is 0 Å². The first kappa shape index (κ1) is 55.9. The van der Waals surface area contributed by atoms with Crippen LogP contribution in [0.15, 0.2) is 48.6 Å². The zero-order chi connectivity index (χ0) is 42.1. The molecular weight excluding hydrogens is 717 g/mol. The molecule has 5 heteroatoms. The van der Waals surface area contributed by atoms with Crippen molar-refractivity contribution in [3.63, 3.8) is 0 Å². The van der Waals surface area contributed by atoms with Gasteiger partial charge < -0.3 is 14.2 Å². The Hall–Kier alpha value is -2.14. The molecule has 0 aliphatic rings. The third-order valence-corrected chi connectivity index (χ3v) is 10.8. The highest BCUT2D eigenvalue weighted by molar-refractivity contribution is 5.70. The second kappa shape index (κ2) is 49.2. The van der Waals surface area contributed by atoms with E-state index >= 15 is 0 Å². The number of rotatable bonds is 46. The molecule has 0 spiro atoms. The maximum atomic E-state index is 12.7. The number of hydrogen-bond acceptors (Lipinski definition) is 5. The molecule has 0 aromatic rings. The van der Waals surface area contributed by atoms with E-state index in [2.05, 4.69) is 69.4 Å². The van der Waals surface area contributed by atoms with Crippen LogP contribution in [0.25, 0.3) is 0 Å². The number of hydrogen-bond donors (Lipinski definition) is 0. The van der Waals surface area contributed by atoms with E-state index in [1.54, 1.807) is 0 Å². The summed E-state index contributed by atoms with van der Waals surface area (Å²) in [4.78, 5) is 25.3. The van der Waals surface area contributed by atoms with Crippen molar-refractivity contribution in [1.29, 1.82) is 0 Å². The van der Waals surface area contributed by atoms with Gasteiger partial charge in [-0.05, 0) is 77.0 Å². The maximum Gasteiger partial charge on any atom is 0.306 e. The van der Waals surface area contributed by atoms with Crippen LogP contribution in [-0.4, -0.2) is 37.9 Å². The summed E-state index contributed by atoms with van der Waals surface area (Å²) in [6, 6.07) is 0. The number of allylic oxidation sites excluding steroid dienone is 8. The lowest BCUT2D eigenvalue weighted by Crippen LogP contribution is -2.30. The quantitative estimate of drug-likeness (QED) is 0.0348. The molecule has 0 amide bonds. The van der Waals surface area contributed by atoms with Crippen LogP contribution in [0.4, 0.5) is 0 Å². The Labute approximate surface area is 361 Å². The molecule has 0 aromatic carbocycles. The highest BCUT2D eigenvalue weighted by Gasteiger charge is 2.17. The standard InChI is InChI=1S/C53H96O5/c1-4-7-10-13-16-19-22-24-25-26-27-28-30-33-36-39-42-45-48-56-49-51(58-53(55)47-44-41-38-35-31-21-18-15-12-9-6-3)50-57-52(54)46-43-40-37-34-32-29-23-20-17-14-11-8-5-2/h7,10,16,19-20,23-25,51H,4-6,8-9,11-15,17-18,21-22,26-50H2,1-3H3/b10-7-,19-16-,23-20-,25-24-. The maximum absolute atomic E-state index is 12.7. The summed E-state index contributed by atoms with van der Waals surface area (Å²) in [6.45, 7) is 7.70. The lowest BCUT2D eigenvalue weighted by Gasteiger charge is -2.18. The van der Waals surface area contributed by atoms with E-state index in [0.29, 0.717) is 19.4 Å². The fourth-order valence-electron chi connectivity index (χ4n) is 7.11. The van der Waals surface area contributed by atoms with Crippen molar-refractivity contribution in [2.75, 3.05) is 19.8 Å². The van der Waals surface area contributed by atoms with Gasteiger partial charge in [0.2, 0.25) is 0 Å². The molecule has 1 atom stereocenters. The van der Waals surface area contributed by atoms with Crippen molar-refractivity contribution in [3.8, 4) is 0 Å². The summed E-state index contributed by atoms with van der Waals surface area (Å²) in [6.07, 6.45) is 59.7. The van der Waals surface area contributed by atoms with Gasteiger partial charge >= 0.3 is 11.9 Å². The Morgan fingerprint density at radius 3 is 1.28 bits per heavy atom. The van der Waals surface area contributed by atoms with Crippen LogP contribution in [0.1, 0.15) is 252 Å². The molecule has 0 saturated heterocycles. The van der Waals surface area contributed by atoms with Gasteiger partial charge in [-0.15, -0.1) is 0 Å². The molecule has 0 aromatic heterocycles. The van der Waals surface area contributed by atoms with Crippen molar-refractivity contribution >= 4 is 11.9 Å². The van der Waals surface area contributed by atoms with Gasteiger partial charge in [0.25, 0.3) is 0 Å². The van der Waals surface area contributed by atoms with E-state index in [1.165, 1.54) is 148 Å². The van der Waals surface area contributed by atoms with E-state index in [0.717, 1.165) is 70.6 Å². The fraction of sp³-hybridized carbons (Fsp3) is 0.811. The summed E-state index contributed by atoms with van der Waals surface area (Å²) < 4.78 is 17.4. The van der Waals surface area contributed by atoms with E-state index in [9.17, 15) is 9.59 Å². The normalized spacial score (nSPS) is 12.5. The minimum atomic E-state index is -0.539. The summed E-state index contributed by atoms with van der Waals surface area (Å²) in [5, 5.41) is 0. The summed E-state index contributed by atoms with van der Waals surface area (Å²) in [5.74, 6) is -0.404. The van der Waals surface area contributed by atoms with Gasteiger partial charge in [-0.25, -0.2) is 0 Å². The highest BCUT2D eigenvalue weighted by Crippen LogP contribution is 2.14. The van der Waals surface area contributed by atoms with Crippen molar-refractivity contribution in [1.82, 2.24) is 0 Å². The molecule has 0 aliphatic carbocycles. The monoisotopic (exact) mass is 813 g/mol. The van der Waals surface area contributed by atoms with Gasteiger partial charge in [0.05, 0.1) is 6.61 Å². The number of unbranched alkanes of at least 4 members (excludes halogenated alkanes) is 27. The Morgan fingerprint density at radius 2 is 0.776 bits per heavy atom. The van der Waals surface area contributed by atoms with Crippen molar-refractivity contribution < 1.29 is 23.8 Å². The molecule has 0 rings (SSSR count). The molecule has 1 unspecified atom stereocenters. The first-order chi connectivity index (χ1) is 28.6. The van der Waals surface area contributed by atoms with E-state index in [1.807, 2.05) is 0 Å². The van der Waals surface area contributed by atoms with Gasteiger partial charge in [-0.3, -0.25) is 9.59 Å². The van der Waals surface area contributed by atoms with Crippen LogP contribution in [-0.2, 0) is 23.8 Å². The van der Waals surface area contributed by atoms with Crippen molar-refractivity contribution in [2.24, 2.45) is 0 Å². The number of carbonyl (C=O) groups excluding carboxylic acids is 2. The predicted octanol–water partition coefficient (Wildman–Crippen LogP) is 16.8. The Bertz CT molecular complexity index is 966. The van der Waals surface area contributed by atoms with Gasteiger partial charge in [0.1, 0.15) is 6.61 Å². The average Bonchev–Trinajstić information content (AvgIpc) is 3.22. The first-order valence-corrected chi connectivity index (χ1v) is 25.2. The number of esters is 2. The summed E-state index contributed by atoms with van der Waals surface area (Å²) in [7, 11) is 0. The van der Waals surface area contributed by atoms with Crippen LogP contribution in [0.5, 0.6) is 0 Å². The topological polar surface area (TPSA) is 61.8 Å². The fourth-order valence-corrected chi connectivity index (χ4v) is 7.11. The summed E-state index contributed by atoms with van der Waals surface area (Å²) in [5.41, 5.74) is 0. The second-order valence-electron chi connectivity index (χ2n) is 16.7. The summed E-state index contributed by atoms with van der Waals surface area (Å²) >= 11 is 0. The number of carbonyl (C=O) groups is 2. The second-order valence-corrected chi connectivity index (χ2v) is 16.7. The number of ether oxygens (including phenoxy) is 3. The molecule has 5 nitrogen and oxygen atoms in total. The van der Waals surface area contributed by atoms with Crippen LogP contribution in [0.3, 0.4) is 0 Å². The minimum absolute atomic E-state index is 0.0807. The molecule has 58 heavy (non-hydrogen) atoms. The average molecular weight is 813 g/mol. The Balaban J connectivity index is 4.23. The molecule has 0 fully saturated rings. The van der Waals surface area contributed by atoms with Crippen LogP contribution >= 0.6 is 0 Å². The molecule has 0 N–H and O–H groups in total. The lowest BCUT2D eigenvalue weighted by molar-refractivity contribution is -0.163. The SMILES string of the molecule is CC/C=C\C/C=C\C/C=C\CCCCCCCCCCOCC(COC(=O)CCCCCCC/C=C\CCCCCC)OC(=O)CCCCCCCCCCCCC. The predicted molar refractivity (Wildman–Crippen MR) is 251 cm³/mol. The van der Waals surface area contributed by atoms with E-state index < -0.39 is 6.10 Å². The van der Waals surface area contributed by atoms with Crippen LogP contribution in [0, 0.1) is 0 Å². The zero-order valence-electron chi connectivity index (χ0n) is 38.8. The first-order valence-electron chi connectivity index (χ1n) is 25.2. The minimum Gasteiger partial charge on any atom is -0.462 e. The van der Waals surface area contributed by atoms with E-state index in [4.69, 9.17) is 14.2 Å². The van der Waals surface area contributed by atoms with Crippen molar-refractivity contribution in [2.45, 2.75) is 258 Å². The van der Waals surface area contributed by atoms with Crippen molar-refractivity contribution in [3.05, 3.63) is 48.6 Å². The highest BCUT2D eigenvalue weighted by atomic mass is 16.6. The largest absolute Gasteiger partial charge is 0.462 e. The zero-order valence-corrected chi connectivity index (χ0v) is 38.8. The molecule has 0 bridgehead atoms. The smallest absolute Gasteiger partial charge is 0.306 e. The Kier molecular flexibility index (Phi) is 47.4. The molecule has 0 saturated carbocycles. The van der Waals surface area contributed by atoms with Gasteiger partial charge in [0, 0.05) is 19.4 Å². The Morgan fingerprint density at radius 1 is 0.397 bits per heavy atom. The molecule has 0 radical (unpaired) electrons. The van der Waals surface area contributed by atoms with Gasteiger partial charge in [-0.2, -0.15) is 0 Å².